The van der Waals surface area contributed by atoms with Crippen LogP contribution in [0, 0.1) is 18.8 Å². The fourth-order valence-electron chi connectivity index (χ4n) is 0.931. The van der Waals surface area contributed by atoms with E-state index in [4.69, 9.17) is 0 Å². The fourth-order valence-corrected chi connectivity index (χ4v) is 0.931. The van der Waals surface area contributed by atoms with Gasteiger partial charge in [0.25, 0.3) is 0 Å². The van der Waals surface area contributed by atoms with Crippen molar-refractivity contribution in [3.63, 3.8) is 0 Å². The van der Waals surface area contributed by atoms with Gasteiger partial charge in [-0.25, -0.2) is 0 Å². The Hall–Kier alpha value is -1.89. The van der Waals surface area contributed by atoms with Crippen molar-refractivity contribution >= 4 is 5.91 Å². The summed E-state index contributed by atoms with van der Waals surface area (Å²) in [5, 5.41) is 2.71. The van der Waals surface area contributed by atoms with E-state index in [1.54, 1.807) is 19.3 Å². The molecule has 1 aromatic heterocycles. The first kappa shape index (κ1) is 11.2. The minimum Gasteiger partial charge on any atom is -0.350 e. The number of carbonyl (C=O) groups excluding carboxylic acids is 1. The second-order valence-corrected chi connectivity index (χ2v) is 3.03. The number of hydrogen-bond donors (Lipinski definition) is 1. The van der Waals surface area contributed by atoms with Crippen molar-refractivity contribution in [3.05, 3.63) is 23.8 Å². The van der Waals surface area contributed by atoms with Crippen LogP contribution in [-0.2, 0) is 11.3 Å². The molecule has 0 bridgehead atoms. The van der Waals surface area contributed by atoms with Crippen molar-refractivity contribution in [1.82, 2.24) is 15.3 Å². The average molecular weight is 203 g/mol. The van der Waals surface area contributed by atoms with Gasteiger partial charge in [0.2, 0.25) is 5.91 Å². The maximum absolute atomic E-state index is 11.2. The number of carbonyl (C=O) groups is 1. The van der Waals surface area contributed by atoms with Gasteiger partial charge in [0.1, 0.15) is 0 Å². The van der Waals surface area contributed by atoms with Gasteiger partial charge in [0.15, 0.2) is 0 Å². The quantitative estimate of drug-likeness (QED) is 0.740. The molecule has 0 aliphatic heterocycles. The minimum atomic E-state index is -0.0910. The van der Waals surface area contributed by atoms with E-state index in [0.29, 0.717) is 6.54 Å². The monoisotopic (exact) mass is 203 g/mol. The van der Waals surface area contributed by atoms with Crippen LogP contribution in [0.25, 0.3) is 0 Å². The van der Waals surface area contributed by atoms with E-state index >= 15 is 0 Å². The van der Waals surface area contributed by atoms with Gasteiger partial charge < -0.3 is 5.32 Å². The van der Waals surface area contributed by atoms with Crippen molar-refractivity contribution in [3.8, 4) is 11.8 Å². The molecule has 0 aromatic carbocycles. The highest BCUT2D eigenvalue weighted by Crippen LogP contribution is 1.93. The summed E-state index contributed by atoms with van der Waals surface area (Å²) in [4.78, 5) is 19.4. The Morgan fingerprint density at radius 1 is 1.47 bits per heavy atom. The van der Waals surface area contributed by atoms with E-state index < -0.39 is 0 Å². The lowest BCUT2D eigenvalue weighted by atomic mass is 10.3. The van der Waals surface area contributed by atoms with Crippen LogP contribution >= 0.6 is 0 Å². The average Bonchev–Trinajstić information content (AvgIpc) is 2.25. The molecule has 4 heteroatoms. The Morgan fingerprint density at radius 2 is 2.27 bits per heavy atom. The van der Waals surface area contributed by atoms with Crippen molar-refractivity contribution in [2.45, 2.75) is 26.8 Å². The number of aromatic nitrogens is 2. The van der Waals surface area contributed by atoms with Crippen molar-refractivity contribution in [2.24, 2.45) is 0 Å². The number of amides is 1. The zero-order valence-corrected chi connectivity index (χ0v) is 8.87. The molecule has 0 unspecified atom stereocenters. The highest BCUT2D eigenvalue weighted by atomic mass is 16.1. The zero-order chi connectivity index (χ0) is 11.1. The molecule has 0 aliphatic carbocycles. The van der Waals surface area contributed by atoms with Crippen LogP contribution < -0.4 is 5.32 Å². The first-order valence-corrected chi connectivity index (χ1v) is 4.66. The Balaban J connectivity index is 2.39. The summed E-state index contributed by atoms with van der Waals surface area (Å²) in [7, 11) is 0. The van der Waals surface area contributed by atoms with Gasteiger partial charge in [-0.3, -0.25) is 14.8 Å². The fraction of sp³-hybridized carbons (Fsp3) is 0.364. The Bertz CT molecular complexity index is 387. The predicted octanol–water partition coefficient (Wildman–Crippen LogP) is 0.815. The first-order chi connectivity index (χ1) is 7.22. The van der Waals surface area contributed by atoms with E-state index in [9.17, 15) is 4.79 Å². The third kappa shape index (κ3) is 4.23. The van der Waals surface area contributed by atoms with Crippen LogP contribution in [0.4, 0.5) is 0 Å². The van der Waals surface area contributed by atoms with Gasteiger partial charge in [-0.05, 0) is 13.8 Å². The van der Waals surface area contributed by atoms with Crippen LogP contribution in [0.15, 0.2) is 12.4 Å². The molecule has 1 rings (SSSR count). The van der Waals surface area contributed by atoms with Gasteiger partial charge in [-0.15, -0.1) is 5.92 Å². The Labute approximate surface area is 89.1 Å². The molecule has 1 N–H and O–H groups in total. The Kier molecular flexibility index (Phi) is 4.30. The van der Waals surface area contributed by atoms with Crippen LogP contribution in [-0.4, -0.2) is 15.9 Å². The summed E-state index contributed by atoms with van der Waals surface area (Å²) in [6, 6.07) is 0. The van der Waals surface area contributed by atoms with E-state index in [0.717, 1.165) is 11.4 Å². The number of rotatable bonds is 3. The molecular formula is C11H13N3O. The van der Waals surface area contributed by atoms with E-state index in [1.807, 2.05) is 6.92 Å². The Morgan fingerprint density at radius 3 is 2.87 bits per heavy atom. The summed E-state index contributed by atoms with van der Waals surface area (Å²) in [5.41, 5.74) is 1.61. The summed E-state index contributed by atoms with van der Waals surface area (Å²) < 4.78 is 0. The smallest absolute Gasteiger partial charge is 0.232 e. The summed E-state index contributed by atoms with van der Waals surface area (Å²) in [6.45, 7) is 3.97. The van der Waals surface area contributed by atoms with Crippen molar-refractivity contribution in [2.75, 3.05) is 0 Å². The lowest BCUT2D eigenvalue weighted by Gasteiger charge is -2.01. The van der Waals surface area contributed by atoms with E-state index in [-0.39, 0.29) is 12.3 Å². The highest BCUT2D eigenvalue weighted by Gasteiger charge is 1.99. The molecule has 1 amide bonds. The summed E-state index contributed by atoms with van der Waals surface area (Å²) in [6.07, 6.45) is 3.56. The third-order valence-corrected chi connectivity index (χ3v) is 1.73. The lowest BCUT2D eigenvalue weighted by Crippen LogP contribution is -2.22. The largest absolute Gasteiger partial charge is 0.350 e. The molecule has 0 saturated heterocycles. The highest BCUT2D eigenvalue weighted by molar-refractivity contribution is 5.78. The molecule has 0 aliphatic rings. The van der Waals surface area contributed by atoms with Gasteiger partial charge in [0, 0.05) is 6.20 Å². The number of nitrogens with zero attached hydrogens (tertiary/aromatic N) is 2. The standard InChI is InChI=1S/C11H13N3O/c1-3-4-5-11(15)14-8-10-7-12-9(2)6-13-10/h6-7H,5,8H2,1-2H3,(H,14,15). The molecule has 4 nitrogen and oxygen atoms in total. The molecule has 1 heterocycles. The van der Waals surface area contributed by atoms with Gasteiger partial charge in [0.05, 0.1) is 30.6 Å². The minimum absolute atomic E-state index is 0.0910. The van der Waals surface area contributed by atoms with Gasteiger partial charge in [-0.1, -0.05) is 5.92 Å². The molecule has 1 aromatic rings. The molecule has 78 valence electrons. The second-order valence-electron chi connectivity index (χ2n) is 3.03. The molecule has 0 spiro atoms. The van der Waals surface area contributed by atoms with E-state index in [1.165, 1.54) is 0 Å². The molecule has 0 fully saturated rings. The predicted molar refractivity (Wildman–Crippen MR) is 56.7 cm³/mol. The van der Waals surface area contributed by atoms with Crippen LogP contribution in [0.3, 0.4) is 0 Å². The topological polar surface area (TPSA) is 54.9 Å². The maximum atomic E-state index is 11.2. The molecular weight excluding hydrogens is 190 g/mol. The molecule has 0 radical (unpaired) electrons. The van der Waals surface area contributed by atoms with Crippen LogP contribution in [0.1, 0.15) is 24.7 Å². The lowest BCUT2D eigenvalue weighted by molar-refractivity contribution is -0.120. The normalized spacial score (nSPS) is 8.93. The maximum Gasteiger partial charge on any atom is 0.232 e. The number of nitrogens with one attached hydrogen (secondary N) is 1. The summed E-state index contributed by atoms with van der Waals surface area (Å²) in [5.74, 6) is 5.27. The van der Waals surface area contributed by atoms with Gasteiger partial charge in [-0.2, -0.15) is 0 Å². The van der Waals surface area contributed by atoms with Crippen LogP contribution in [0.5, 0.6) is 0 Å². The summed E-state index contributed by atoms with van der Waals surface area (Å²) >= 11 is 0. The third-order valence-electron chi connectivity index (χ3n) is 1.73. The molecule has 15 heavy (non-hydrogen) atoms. The number of hydrogen-bond acceptors (Lipinski definition) is 3. The first-order valence-electron chi connectivity index (χ1n) is 4.66. The van der Waals surface area contributed by atoms with Crippen molar-refractivity contribution in [1.29, 1.82) is 0 Å². The number of aryl methyl sites for hydroxylation is 1. The van der Waals surface area contributed by atoms with Gasteiger partial charge >= 0.3 is 0 Å². The van der Waals surface area contributed by atoms with Crippen molar-refractivity contribution < 1.29 is 4.79 Å². The SMILES string of the molecule is CC#CCC(=O)NCc1cnc(C)cn1. The second kappa shape index (κ2) is 5.76. The van der Waals surface area contributed by atoms with E-state index in [2.05, 4.69) is 27.1 Å². The zero-order valence-electron chi connectivity index (χ0n) is 8.87. The van der Waals surface area contributed by atoms with Crippen LogP contribution in [0.2, 0.25) is 0 Å². The molecule has 0 saturated carbocycles. The molecule has 0 atom stereocenters.